The molecule has 1 amide bonds. The molecule has 11 nitrogen and oxygen atoms in total. The second kappa shape index (κ2) is 9.91. The maximum Gasteiger partial charge on any atom is 0.261 e. The predicted molar refractivity (Wildman–Crippen MR) is 139 cm³/mol. The topological polar surface area (TPSA) is 132 Å². The summed E-state index contributed by atoms with van der Waals surface area (Å²) in [5, 5.41) is 5.35. The number of amides is 1. The maximum absolute atomic E-state index is 15.2. The van der Waals surface area contributed by atoms with Gasteiger partial charge in [0.1, 0.15) is 34.1 Å². The van der Waals surface area contributed by atoms with E-state index in [0.29, 0.717) is 47.0 Å². The van der Waals surface area contributed by atoms with Crippen molar-refractivity contribution in [1.29, 1.82) is 0 Å². The molecule has 5 rings (SSSR count). The minimum atomic E-state index is -3.49. The normalized spacial score (nSPS) is 15.5. The van der Waals surface area contributed by atoms with Crippen LogP contribution in [0.2, 0.25) is 0 Å². The number of nitrogens with one attached hydrogen (secondary N) is 1. The number of carbonyl (C=O) groups excluding carboxylic acids is 1. The largest absolute Gasteiger partial charge is 0.482 e. The monoisotopic (exact) mass is 559 g/mol. The van der Waals surface area contributed by atoms with Crippen LogP contribution in [0.15, 0.2) is 24.4 Å². The molecule has 0 aromatic carbocycles. The number of hydrogen-bond acceptors (Lipinski definition) is 9. The van der Waals surface area contributed by atoms with E-state index >= 15 is 4.39 Å². The smallest absolute Gasteiger partial charge is 0.261 e. The summed E-state index contributed by atoms with van der Waals surface area (Å²) in [4.78, 5) is 29.1. The molecule has 1 N–H and O–H groups in total. The Labute approximate surface area is 222 Å². The van der Waals surface area contributed by atoms with Crippen LogP contribution in [0.25, 0.3) is 4.96 Å². The van der Waals surface area contributed by atoms with E-state index in [-0.39, 0.29) is 24.0 Å². The molecule has 1 aliphatic rings. The fourth-order valence-corrected chi connectivity index (χ4v) is 5.76. The third kappa shape index (κ3) is 5.05. The first kappa shape index (κ1) is 26.0. The number of hydrogen-bond donors (Lipinski definition) is 1. The number of rotatable bonds is 7. The van der Waals surface area contributed by atoms with Crippen molar-refractivity contribution < 1.29 is 22.3 Å². The van der Waals surface area contributed by atoms with Crippen molar-refractivity contribution in [2.75, 3.05) is 24.1 Å². The lowest BCUT2D eigenvalue weighted by atomic mass is 9.98. The number of aromatic nitrogens is 5. The van der Waals surface area contributed by atoms with Crippen LogP contribution >= 0.6 is 11.3 Å². The summed E-state index contributed by atoms with van der Waals surface area (Å²) in [5.74, 6) is -0.369. The van der Waals surface area contributed by atoms with Gasteiger partial charge in [-0.3, -0.25) is 14.5 Å². The van der Waals surface area contributed by atoms with Gasteiger partial charge in [-0.1, -0.05) is 18.3 Å². The number of halogens is 1. The Kier molecular flexibility index (Phi) is 6.77. The first-order chi connectivity index (χ1) is 18.0. The average Bonchev–Trinajstić information content (AvgIpc) is 3.37. The number of sulfonamides is 1. The zero-order valence-electron chi connectivity index (χ0n) is 21.2. The molecule has 0 saturated carbocycles. The van der Waals surface area contributed by atoms with Gasteiger partial charge in [-0.15, -0.1) is 0 Å². The van der Waals surface area contributed by atoms with E-state index < -0.39 is 21.9 Å². The molecule has 1 atom stereocenters. The summed E-state index contributed by atoms with van der Waals surface area (Å²) < 4.78 is 48.2. The highest BCUT2D eigenvalue weighted by Crippen LogP contribution is 2.37. The lowest BCUT2D eigenvalue weighted by Gasteiger charge is -2.35. The molecule has 38 heavy (non-hydrogen) atoms. The summed E-state index contributed by atoms with van der Waals surface area (Å²) in [5.41, 5.74) is 2.65. The van der Waals surface area contributed by atoms with Gasteiger partial charge in [0, 0.05) is 19.2 Å². The Hall–Kier alpha value is -3.65. The first-order valence-electron chi connectivity index (χ1n) is 11.9. The van der Waals surface area contributed by atoms with Crippen LogP contribution in [-0.2, 0) is 27.7 Å². The molecule has 1 aliphatic heterocycles. The van der Waals surface area contributed by atoms with Crippen LogP contribution in [0.4, 0.5) is 10.2 Å². The van der Waals surface area contributed by atoms with Crippen LogP contribution in [-0.4, -0.2) is 63.2 Å². The number of carbonyl (C=O) groups is 1. The SMILES string of the molecule is CCc1nc(NS(C)(=O)=O)ccc1OCC(=O)N1CCc2nc3sc(C)nn3c2[C@H]1c1ncc(C)cc1F. The van der Waals surface area contributed by atoms with Gasteiger partial charge < -0.3 is 9.64 Å². The Morgan fingerprint density at radius 3 is 2.79 bits per heavy atom. The number of pyridine rings is 2. The molecule has 0 radical (unpaired) electrons. The van der Waals surface area contributed by atoms with Gasteiger partial charge in [0.15, 0.2) is 6.61 Å². The van der Waals surface area contributed by atoms with E-state index in [0.717, 1.165) is 17.0 Å². The van der Waals surface area contributed by atoms with Crippen molar-refractivity contribution in [3.63, 3.8) is 0 Å². The Morgan fingerprint density at radius 2 is 2.08 bits per heavy atom. The van der Waals surface area contributed by atoms with Gasteiger partial charge in [-0.2, -0.15) is 5.10 Å². The molecule has 4 aromatic rings. The molecular weight excluding hydrogens is 533 g/mol. The Morgan fingerprint density at radius 1 is 1.29 bits per heavy atom. The highest BCUT2D eigenvalue weighted by molar-refractivity contribution is 7.92. The van der Waals surface area contributed by atoms with Gasteiger partial charge in [0.05, 0.1) is 23.3 Å². The van der Waals surface area contributed by atoms with Crippen molar-refractivity contribution in [2.45, 2.75) is 39.7 Å². The molecule has 4 aromatic heterocycles. The number of imidazole rings is 1. The van der Waals surface area contributed by atoms with Crippen LogP contribution in [0.3, 0.4) is 0 Å². The molecule has 0 spiro atoms. The third-order valence-electron chi connectivity index (χ3n) is 6.07. The molecular formula is C24H26FN7O4S2. The van der Waals surface area contributed by atoms with Crippen molar-refractivity contribution in [3.8, 4) is 5.75 Å². The Balaban J connectivity index is 1.46. The van der Waals surface area contributed by atoms with E-state index in [1.165, 1.54) is 23.5 Å². The fraction of sp³-hybridized carbons (Fsp3) is 0.375. The van der Waals surface area contributed by atoms with Crippen molar-refractivity contribution in [3.05, 3.63) is 63.6 Å². The van der Waals surface area contributed by atoms with Gasteiger partial charge >= 0.3 is 0 Å². The molecule has 14 heteroatoms. The van der Waals surface area contributed by atoms with Crippen LogP contribution in [0.5, 0.6) is 5.75 Å². The zero-order valence-corrected chi connectivity index (χ0v) is 22.9. The van der Waals surface area contributed by atoms with Crippen molar-refractivity contribution >= 4 is 38.0 Å². The van der Waals surface area contributed by atoms with Crippen molar-refractivity contribution in [1.82, 2.24) is 29.5 Å². The van der Waals surface area contributed by atoms with E-state index in [2.05, 4.69) is 24.8 Å². The quantitative estimate of drug-likeness (QED) is 0.366. The van der Waals surface area contributed by atoms with E-state index in [9.17, 15) is 13.2 Å². The van der Waals surface area contributed by atoms with Crippen LogP contribution < -0.4 is 9.46 Å². The van der Waals surface area contributed by atoms with E-state index in [4.69, 9.17) is 4.74 Å². The fourth-order valence-electron chi connectivity index (χ4n) is 4.50. The second-order valence-corrected chi connectivity index (χ2v) is 11.9. The zero-order chi connectivity index (χ0) is 27.2. The summed E-state index contributed by atoms with van der Waals surface area (Å²) in [6.45, 7) is 5.43. The number of nitrogens with zero attached hydrogens (tertiary/aromatic N) is 6. The molecule has 5 heterocycles. The predicted octanol–water partition coefficient (Wildman–Crippen LogP) is 2.82. The summed E-state index contributed by atoms with van der Waals surface area (Å²) in [6, 6.07) is 3.59. The van der Waals surface area contributed by atoms with Crippen LogP contribution in [0.1, 0.15) is 46.3 Å². The highest BCUT2D eigenvalue weighted by atomic mass is 32.2. The lowest BCUT2D eigenvalue weighted by molar-refractivity contribution is -0.135. The molecule has 200 valence electrons. The summed E-state index contributed by atoms with van der Waals surface area (Å²) in [6.07, 6.45) is 3.54. The van der Waals surface area contributed by atoms with Gasteiger partial charge in [-0.05, 0) is 44.0 Å². The number of aryl methyl sites for hydroxylation is 3. The third-order valence-corrected chi connectivity index (χ3v) is 7.47. The van der Waals surface area contributed by atoms with Crippen molar-refractivity contribution in [2.24, 2.45) is 0 Å². The maximum atomic E-state index is 15.2. The lowest BCUT2D eigenvalue weighted by Crippen LogP contribution is -2.44. The Bertz CT molecular complexity index is 1650. The second-order valence-electron chi connectivity index (χ2n) is 9.04. The highest BCUT2D eigenvalue weighted by Gasteiger charge is 2.39. The van der Waals surface area contributed by atoms with E-state index in [1.54, 1.807) is 28.6 Å². The minimum Gasteiger partial charge on any atom is -0.482 e. The summed E-state index contributed by atoms with van der Waals surface area (Å²) in [7, 11) is -3.49. The van der Waals surface area contributed by atoms with E-state index in [1.807, 2.05) is 13.8 Å². The molecule has 0 fully saturated rings. The molecule has 0 saturated heterocycles. The molecule has 0 bridgehead atoms. The molecule has 0 aliphatic carbocycles. The molecule has 0 unspecified atom stereocenters. The van der Waals surface area contributed by atoms with Gasteiger partial charge in [-0.25, -0.2) is 27.3 Å². The number of fused-ring (bicyclic) bond motifs is 3. The number of anilines is 1. The van der Waals surface area contributed by atoms with Gasteiger partial charge in [0.2, 0.25) is 15.0 Å². The number of ether oxygens (including phenoxy) is 1. The summed E-state index contributed by atoms with van der Waals surface area (Å²) >= 11 is 1.42. The average molecular weight is 560 g/mol. The van der Waals surface area contributed by atoms with Gasteiger partial charge in [0.25, 0.3) is 5.91 Å². The standard InChI is InChI=1S/C24H26FN7O4S2/c1-5-16-18(6-7-19(27-16)30-38(4,34)35)36-12-20(33)31-9-8-17-22(32-24(28-17)37-14(3)29-32)23(31)21-15(25)10-13(2)11-26-21/h6-7,10-11,23H,5,8-9,12H2,1-4H3,(H,27,30)/t23-/m1/s1. The first-order valence-corrected chi connectivity index (χ1v) is 14.6. The minimum absolute atomic E-state index is 0.115. The van der Waals surface area contributed by atoms with Crippen LogP contribution in [0, 0.1) is 19.7 Å².